The van der Waals surface area contributed by atoms with E-state index in [1.165, 1.54) is 5.57 Å². The van der Waals surface area contributed by atoms with Gasteiger partial charge >= 0.3 is 0 Å². The molecule has 3 nitrogen and oxygen atoms in total. The summed E-state index contributed by atoms with van der Waals surface area (Å²) in [6.45, 7) is 6.33. The van der Waals surface area contributed by atoms with Crippen molar-refractivity contribution in [2.75, 3.05) is 13.1 Å². The van der Waals surface area contributed by atoms with Crippen molar-refractivity contribution < 1.29 is 0 Å². The summed E-state index contributed by atoms with van der Waals surface area (Å²) in [5.41, 5.74) is 1.37. The minimum absolute atomic E-state index is 0.352. The molecule has 1 aliphatic rings. The highest BCUT2D eigenvalue weighted by Gasteiger charge is 2.07. The van der Waals surface area contributed by atoms with E-state index < -0.39 is 0 Å². The Balaban J connectivity index is 2.26. The van der Waals surface area contributed by atoms with Crippen molar-refractivity contribution in [1.29, 1.82) is 0 Å². The molecular formula is C9H17N3. The van der Waals surface area contributed by atoms with E-state index in [1.54, 1.807) is 6.34 Å². The molecule has 0 bridgehead atoms. The van der Waals surface area contributed by atoms with Gasteiger partial charge in [0.15, 0.2) is 0 Å². The summed E-state index contributed by atoms with van der Waals surface area (Å²) in [6.07, 6.45) is 4.88. The molecule has 0 aromatic carbocycles. The van der Waals surface area contributed by atoms with E-state index in [4.69, 9.17) is 0 Å². The van der Waals surface area contributed by atoms with Crippen molar-refractivity contribution in [1.82, 2.24) is 10.6 Å². The molecule has 1 atom stereocenters. The van der Waals surface area contributed by atoms with E-state index in [-0.39, 0.29) is 0 Å². The van der Waals surface area contributed by atoms with Crippen LogP contribution in [-0.2, 0) is 0 Å². The first-order valence-corrected chi connectivity index (χ1v) is 4.52. The van der Waals surface area contributed by atoms with Crippen molar-refractivity contribution in [2.24, 2.45) is 4.99 Å². The van der Waals surface area contributed by atoms with Gasteiger partial charge in [0.25, 0.3) is 0 Å². The Labute approximate surface area is 74.0 Å². The molecule has 0 aromatic rings. The Morgan fingerprint density at radius 1 is 1.67 bits per heavy atom. The van der Waals surface area contributed by atoms with Gasteiger partial charge in [0.1, 0.15) is 0 Å². The number of hydrogen-bond donors (Lipinski definition) is 2. The van der Waals surface area contributed by atoms with Crippen LogP contribution < -0.4 is 10.6 Å². The summed E-state index contributed by atoms with van der Waals surface area (Å²) in [6, 6.07) is 0.352. The lowest BCUT2D eigenvalue weighted by atomic mass is 10.1. The summed E-state index contributed by atoms with van der Waals surface area (Å²) in [7, 11) is 0. The zero-order valence-corrected chi connectivity index (χ0v) is 7.80. The molecule has 0 saturated heterocycles. The molecule has 1 aliphatic heterocycles. The zero-order valence-electron chi connectivity index (χ0n) is 7.80. The Kier molecular flexibility index (Phi) is 3.80. The molecule has 0 fully saturated rings. The first-order valence-electron chi connectivity index (χ1n) is 4.52. The van der Waals surface area contributed by atoms with Crippen LogP contribution in [0.3, 0.4) is 0 Å². The molecule has 0 radical (unpaired) electrons. The van der Waals surface area contributed by atoms with Gasteiger partial charge < -0.3 is 10.6 Å². The van der Waals surface area contributed by atoms with Crippen molar-refractivity contribution >= 4 is 6.34 Å². The van der Waals surface area contributed by atoms with Gasteiger partial charge in [0, 0.05) is 6.20 Å². The first-order chi connectivity index (χ1) is 5.84. The van der Waals surface area contributed by atoms with Gasteiger partial charge in [-0.15, -0.1) is 0 Å². The highest BCUT2D eigenvalue weighted by Crippen LogP contribution is 2.10. The van der Waals surface area contributed by atoms with Gasteiger partial charge in [-0.1, -0.05) is 6.92 Å². The Morgan fingerprint density at radius 3 is 3.17 bits per heavy atom. The quantitative estimate of drug-likeness (QED) is 0.610. The van der Waals surface area contributed by atoms with E-state index in [0.29, 0.717) is 6.04 Å². The van der Waals surface area contributed by atoms with Crippen LogP contribution in [0.25, 0.3) is 0 Å². The number of aliphatic imine (C=N–C) groups is 1. The van der Waals surface area contributed by atoms with Crippen LogP contribution in [0.2, 0.25) is 0 Å². The highest BCUT2D eigenvalue weighted by molar-refractivity contribution is 5.58. The van der Waals surface area contributed by atoms with E-state index in [0.717, 1.165) is 19.5 Å². The molecule has 0 spiro atoms. The predicted molar refractivity (Wildman–Crippen MR) is 52.3 cm³/mol. The third-order valence-corrected chi connectivity index (χ3v) is 2.02. The Morgan fingerprint density at radius 2 is 2.50 bits per heavy atom. The lowest BCUT2D eigenvalue weighted by Crippen LogP contribution is -2.21. The summed E-state index contributed by atoms with van der Waals surface area (Å²) in [4.78, 5) is 4.26. The van der Waals surface area contributed by atoms with Gasteiger partial charge in [-0.3, -0.25) is 4.99 Å². The Hall–Kier alpha value is -0.830. The number of hydrogen-bond acceptors (Lipinski definition) is 3. The number of nitrogens with one attached hydrogen (secondary N) is 2. The number of rotatable bonds is 4. The molecule has 1 unspecified atom stereocenters. The van der Waals surface area contributed by atoms with Gasteiger partial charge in [0.05, 0.1) is 12.4 Å². The molecule has 3 heteroatoms. The molecule has 0 saturated carbocycles. The molecule has 0 amide bonds. The third kappa shape index (κ3) is 2.66. The van der Waals surface area contributed by atoms with Crippen molar-refractivity contribution in [3.05, 3.63) is 11.8 Å². The maximum atomic E-state index is 4.26. The second-order valence-corrected chi connectivity index (χ2v) is 2.94. The van der Waals surface area contributed by atoms with Crippen LogP contribution in [0.15, 0.2) is 16.8 Å². The average Bonchev–Trinajstić information content (AvgIpc) is 2.09. The van der Waals surface area contributed by atoms with E-state index in [1.807, 2.05) is 0 Å². The maximum absolute atomic E-state index is 4.26. The van der Waals surface area contributed by atoms with Gasteiger partial charge in [-0.25, -0.2) is 0 Å². The summed E-state index contributed by atoms with van der Waals surface area (Å²) in [5.74, 6) is 0. The second-order valence-electron chi connectivity index (χ2n) is 2.94. The lowest BCUT2D eigenvalue weighted by molar-refractivity contribution is 0.675. The minimum Gasteiger partial charge on any atom is -0.353 e. The topological polar surface area (TPSA) is 36.4 Å². The smallest absolute Gasteiger partial charge is 0.0870 e. The van der Waals surface area contributed by atoms with E-state index in [9.17, 15) is 0 Å². The predicted octanol–water partition coefficient (Wildman–Crippen LogP) is 0.890. The molecule has 12 heavy (non-hydrogen) atoms. The molecule has 0 aliphatic carbocycles. The Bertz CT molecular complexity index is 184. The van der Waals surface area contributed by atoms with Gasteiger partial charge in [0.2, 0.25) is 0 Å². The fourth-order valence-corrected chi connectivity index (χ4v) is 1.21. The fourth-order valence-electron chi connectivity index (χ4n) is 1.21. The largest absolute Gasteiger partial charge is 0.353 e. The summed E-state index contributed by atoms with van der Waals surface area (Å²) in [5, 5.41) is 6.31. The van der Waals surface area contributed by atoms with Gasteiger partial charge in [-0.05, 0) is 32.0 Å². The molecule has 1 rings (SSSR count). The van der Waals surface area contributed by atoms with Crippen LogP contribution in [0.5, 0.6) is 0 Å². The van der Waals surface area contributed by atoms with Crippen molar-refractivity contribution in [2.45, 2.75) is 26.3 Å². The molecule has 68 valence electrons. The zero-order chi connectivity index (χ0) is 8.81. The van der Waals surface area contributed by atoms with Gasteiger partial charge in [-0.2, -0.15) is 0 Å². The van der Waals surface area contributed by atoms with Crippen LogP contribution in [-0.4, -0.2) is 25.5 Å². The number of nitrogens with zero attached hydrogens (tertiary/aromatic N) is 1. The highest BCUT2D eigenvalue weighted by atomic mass is 15.0. The summed E-state index contributed by atoms with van der Waals surface area (Å²) >= 11 is 0. The molecular weight excluding hydrogens is 150 g/mol. The van der Waals surface area contributed by atoms with E-state index >= 15 is 0 Å². The fraction of sp³-hybridized carbons (Fsp3) is 0.667. The normalized spacial score (nSPS) is 21.8. The van der Waals surface area contributed by atoms with Crippen LogP contribution in [0, 0.1) is 0 Å². The SMILES string of the molecule is CCNCCC1=CNC=NC1C. The van der Waals surface area contributed by atoms with Crippen LogP contribution >= 0.6 is 0 Å². The second kappa shape index (κ2) is 4.93. The van der Waals surface area contributed by atoms with Crippen LogP contribution in [0.1, 0.15) is 20.3 Å². The third-order valence-electron chi connectivity index (χ3n) is 2.02. The first kappa shape index (κ1) is 9.26. The van der Waals surface area contributed by atoms with E-state index in [2.05, 4.69) is 35.7 Å². The molecule has 2 N–H and O–H groups in total. The standard InChI is InChI=1S/C9H17N3/c1-3-10-5-4-9-6-11-7-12-8(9)2/h6-8,10H,3-5H2,1-2H3,(H,11,12). The summed E-state index contributed by atoms with van der Waals surface area (Å²) < 4.78 is 0. The average molecular weight is 167 g/mol. The van der Waals surface area contributed by atoms with Crippen molar-refractivity contribution in [3.63, 3.8) is 0 Å². The van der Waals surface area contributed by atoms with Crippen molar-refractivity contribution in [3.8, 4) is 0 Å². The monoisotopic (exact) mass is 167 g/mol. The van der Waals surface area contributed by atoms with Crippen LogP contribution in [0.4, 0.5) is 0 Å². The molecule has 0 aromatic heterocycles. The minimum atomic E-state index is 0.352. The maximum Gasteiger partial charge on any atom is 0.0870 e. The lowest BCUT2D eigenvalue weighted by Gasteiger charge is -2.15. The molecule has 1 heterocycles.